The monoisotopic (exact) mass is 578 g/mol. The van der Waals surface area contributed by atoms with Gasteiger partial charge < -0.3 is 9.64 Å². The highest BCUT2D eigenvalue weighted by atomic mass is 32.2. The van der Waals surface area contributed by atoms with E-state index in [1.54, 1.807) is 79.7 Å². The maximum absolute atomic E-state index is 14.9. The lowest BCUT2D eigenvalue weighted by Crippen LogP contribution is -2.56. The van der Waals surface area contributed by atoms with Crippen LogP contribution in [0.5, 0.6) is 5.75 Å². The minimum atomic E-state index is -4.35. The molecule has 4 aromatic carbocycles. The predicted octanol–water partition coefficient (Wildman–Crippen LogP) is 5.35. The molecule has 2 aliphatic rings. The number of amides is 2. The van der Waals surface area contributed by atoms with Gasteiger partial charge in [0.15, 0.2) is 0 Å². The second-order valence-corrected chi connectivity index (χ2v) is 12.5. The Morgan fingerprint density at radius 2 is 1.50 bits per heavy atom. The third-order valence-electron chi connectivity index (χ3n) is 8.21. The van der Waals surface area contributed by atoms with Gasteiger partial charge in [-0.3, -0.25) is 9.59 Å². The Morgan fingerprint density at radius 3 is 2.14 bits per heavy atom. The maximum atomic E-state index is 14.9. The van der Waals surface area contributed by atoms with Crippen LogP contribution in [0.25, 0.3) is 5.70 Å². The standard InChI is InChI=1S/C34H30N2O5S/c1-23-14-17-27(18-15-23)42(39,40)36-31(25-12-8-5-9-13-25)22-34(29(32(36)37)20-24-10-6-4-7-11-24)28-21-26(41-3)16-19-30(28)35(2)33(34)38/h4-19,21-22,29H,20H2,1-3H3/t29-,34+/m1/s1. The summed E-state index contributed by atoms with van der Waals surface area (Å²) in [5.41, 5.74) is 2.12. The first-order chi connectivity index (χ1) is 20.2. The SMILES string of the molecule is COc1ccc2c(c1)[C@]1(C=C(c3ccccc3)N(S(=O)(=O)c3ccc(C)cc3)C(=O)[C@H]1Cc1ccccc1)C(=O)N2C. The fourth-order valence-corrected chi connectivity index (χ4v) is 7.52. The summed E-state index contributed by atoms with van der Waals surface area (Å²) in [7, 11) is -1.13. The van der Waals surface area contributed by atoms with Crippen LogP contribution in [0.15, 0.2) is 114 Å². The summed E-state index contributed by atoms with van der Waals surface area (Å²) in [6, 6.07) is 30.0. The molecule has 0 fully saturated rings. The number of sulfonamides is 1. The first-order valence-corrected chi connectivity index (χ1v) is 15.1. The van der Waals surface area contributed by atoms with Gasteiger partial charge in [-0.05, 0) is 66.4 Å². The summed E-state index contributed by atoms with van der Waals surface area (Å²) >= 11 is 0. The topological polar surface area (TPSA) is 84.0 Å². The Balaban J connectivity index is 1.68. The molecular formula is C34H30N2O5S. The third kappa shape index (κ3) is 4.21. The zero-order valence-electron chi connectivity index (χ0n) is 23.5. The largest absolute Gasteiger partial charge is 0.497 e. The lowest BCUT2D eigenvalue weighted by atomic mass is 9.66. The Kier molecular flexibility index (Phi) is 6.74. The number of fused-ring (bicyclic) bond motifs is 2. The number of aryl methyl sites for hydroxylation is 1. The molecule has 0 aliphatic carbocycles. The maximum Gasteiger partial charge on any atom is 0.270 e. The van der Waals surface area contributed by atoms with Crippen molar-refractivity contribution in [1.29, 1.82) is 0 Å². The van der Waals surface area contributed by atoms with Gasteiger partial charge in [0.25, 0.3) is 10.0 Å². The molecule has 4 aromatic rings. The summed E-state index contributed by atoms with van der Waals surface area (Å²) < 4.78 is 35.1. The van der Waals surface area contributed by atoms with Gasteiger partial charge in [0.1, 0.15) is 11.2 Å². The highest BCUT2D eigenvalue weighted by molar-refractivity contribution is 7.90. The molecule has 0 aromatic heterocycles. The molecule has 7 nitrogen and oxygen atoms in total. The fourth-order valence-electron chi connectivity index (χ4n) is 6.05. The Labute approximate surface area is 245 Å². The van der Waals surface area contributed by atoms with Crippen molar-refractivity contribution >= 4 is 33.2 Å². The number of ether oxygens (including phenoxy) is 1. The molecule has 0 unspecified atom stereocenters. The summed E-state index contributed by atoms with van der Waals surface area (Å²) in [6.07, 6.45) is 1.83. The minimum Gasteiger partial charge on any atom is -0.497 e. The van der Waals surface area contributed by atoms with E-state index in [9.17, 15) is 18.0 Å². The van der Waals surface area contributed by atoms with E-state index in [1.165, 1.54) is 12.1 Å². The van der Waals surface area contributed by atoms with Crippen LogP contribution < -0.4 is 9.64 Å². The lowest BCUT2D eigenvalue weighted by Gasteiger charge is -2.42. The van der Waals surface area contributed by atoms with E-state index in [-0.39, 0.29) is 22.9 Å². The molecule has 1 spiro atoms. The van der Waals surface area contributed by atoms with Crippen molar-refractivity contribution in [2.24, 2.45) is 5.92 Å². The number of carbonyl (C=O) groups is 2. The minimum absolute atomic E-state index is 0.00497. The first kappa shape index (κ1) is 27.5. The van der Waals surface area contributed by atoms with Crippen molar-refractivity contribution < 1.29 is 22.7 Å². The highest BCUT2D eigenvalue weighted by Crippen LogP contribution is 2.54. The molecule has 2 aliphatic heterocycles. The zero-order chi connectivity index (χ0) is 29.6. The molecule has 2 atom stereocenters. The van der Waals surface area contributed by atoms with Crippen LogP contribution in [0.4, 0.5) is 5.69 Å². The average molecular weight is 579 g/mol. The predicted molar refractivity (Wildman–Crippen MR) is 161 cm³/mol. The molecule has 0 N–H and O–H groups in total. The third-order valence-corrected chi connectivity index (χ3v) is 9.94. The smallest absolute Gasteiger partial charge is 0.270 e. The number of methoxy groups -OCH3 is 1. The Morgan fingerprint density at radius 1 is 0.857 bits per heavy atom. The number of nitrogens with zero attached hydrogens (tertiary/aromatic N) is 2. The molecule has 42 heavy (non-hydrogen) atoms. The van der Waals surface area contributed by atoms with E-state index < -0.39 is 27.3 Å². The summed E-state index contributed by atoms with van der Waals surface area (Å²) in [6.45, 7) is 1.87. The van der Waals surface area contributed by atoms with Crippen molar-refractivity contribution in [1.82, 2.24) is 4.31 Å². The van der Waals surface area contributed by atoms with Crippen LogP contribution in [0.1, 0.15) is 22.3 Å². The molecule has 0 saturated carbocycles. The average Bonchev–Trinajstić information content (AvgIpc) is 3.21. The van der Waals surface area contributed by atoms with E-state index in [4.69, 9.17) is 4.74 Å². The number of hydrogen-bond donors (Lipinski definition) is 0. The second kappa shape index (κ2) is 10.3. The summed E-state index contributed by atoms with van der Waals surface area (Å²) in [5.74, 6) is -1.50. The number of hydrogen-bond acceptors (Lipinski definition) is 5. The van der Waals surface area contributed by atoms with Gasteiger partial charge in [0, 0.05) is 12.7 Å². The normalized spacial score (nSPS) is 20.1. The molecule has 6 rings (SSSR count). The first-order valence-electron chi connectivity index (χ1n) is 13.6. The number of benzene rings is 4. The van der Waals surface area contributed by atoms with Gasteiger partial charge >= 0.3 is 0 Å². The van der Waals surface area contributed by atoms with Gasteiger partial charge in [-0.2, -0.15) is 0 Å². The molecule has 212 valence electrons. The molecule has 8 heteroatoms. The van der Waals surface area contributed by atoms with Gasteiger partial charge in [-0.1, -0.05) is 78.4 Å². The van der Waals surface area contributed by atoms with E-state index in [0.717, 1.165) is 15.4 Å². The summed E-state index contributed by atoms with van der Waals surface area (Å²) in [5, 5.41) is 0. The van der Waals surface area contributed by atoms with Gasteiger partial charge in [-0.15, -0.1) is 0 Å². The van der Waals surface area contributed by atoms with Crippen LogP contribution in [-0.4, -0.2) is 38.7 Å². The van der Waals surface area contributed by atoms with Crippen molar-refractivity contribution in [3.8, 4) is 5.75 Å². The lowest BCUT2D eigenvalue weighted by molar-refractivity contribution is -0.136. The number of rotatable bonds is 6. The fraction of sp³-hybridized carbons (Fsp3) is 0.176. The number of anilines is 1. The molecule has 2 amide bonds. The summed E-state index contributed by atoms with van der Waals surface area (Å²) in [4.78, 5) is 30.9. The van der Waals surface area contributed by atoms with Crippen LogP contribution in [0, 0.1) is 12.8 Å². The van der Waals surface area contributed by atoms with Gasteiger partial charge in [0.05, 0.1) is 23.6 Å². The zero-order valence-corrected chi connectivity index (χ0v) is 24.3. The van der Waals surface area contributed by atoms with Crippen molar-refractivity contribution in [2.45, 2.75) is 23.7 Å². The second-order valence-electron chi connectivity index (χ2n) is 10.7. The molecule has 0 bridgehead atoms. The van der Waals surface area contributed by atoms with E-state index in [0.29, 0.717) is 22.6 Å². The van der Waals surface area contributed by atoms with E-state index in [2.05, 4.69) is 0 Å². The molecule has 2 heterocycles. The highest BCUT2D eigenvalue weighted by Gasteiger charge is 2.60. The van der Waals surface area contributed by atoms with E-state index in [1.807, 2.05) is 43.3 Å². The van der Waals surface area contributed by atoms with Crippen molar-refractivity contribution in [3.05, 3.63) is 131 Å². The van der Waals surface area contributed by atoms with Crippen LogP contribution in [-0.2, 0) is 31.4 Å². The molecule has 0 saturated heterocycles. The van der Waals surface area contributed by atoms with Crippen LogP contribution >= 0.6 is 0 Å². The molecule has 0 radical (unpaired) electrons. The quantitative estimate of drug-likeness (QED) is 0.308. The van der Waals surface area contributed by atoms with Crippen molar-refractivity contribution in [2.75, 3.05) is 19.1 Å². The van der Waals surface area contributed by atoms with Gasteiger partial charge in [-0.25, -0.2) is 12.7 Å². The van der Waals surface area contributed by atoms with Gasteiger partial charge in [0.2, 0.25) is 11.8 Å². The molecular weight excluding hydrogens is 548 g/mol. The number of likely N-dealkylation sites (N-methyl/N-ethyl adjacent to an activating group) is 1. The van der Waals surface area contributed by atoms with Crippen molar-refractivity contribution in [3.63, 3.8) is 0 Å². The Bertz CT molecular complexity index is 1820. The van der Waals surface area contributed by atoms with E-state index >= 15 is 0 Å². The van der Waals surface area contributed by atoms with Crippen LogP contribution in [0.2, 0.25) is 0 Å². The van der Waals surface area contributed by atoms with Crippen LogP contribution in [0.3, 0.4) is 0 Å². The number of carbonyl (C=O) groups excluding carboxylic acids is 2. The Hall–Kier alpha value is -4.69.